The predicted octanol–water partition coefficient (Wildman–Crippen LogP) is 4.42. The summed E-state index contributed by atoms with van der Waals surface area (Å²) < 4.78 is 10.4. The average Bonchev–Trinajstić information content (AvgIpc) is 2.59. The van der Waals surface area contributed by atoms with Gasteiger partial charge in [0.15, 0.2) is 0 Å². The molecule has 0 unspecified atom stereocenters. The lowest BCUT2D eigenvalue weighted by molar-refractivity contribution is 0.417. The van der Waals surface area contributed by atoms with Gasteiger partial charge in [0.1, 0.15) is 22.7 Å². The SMILES string of the molecule is COc1ccc(Cl)cc1N/C=C(\O)c1cc2ccccc2oc1=O. The van der Waals surface area contributed by atoms with Crippen molar-refractivity contribution in [3.63, 3.8) is 0 Å². The lowest BCUT2D eigenvalue weighted by atomic mass is 10.1. The summed E-state index contributed by atoms with van der Waals surface area (Å²) in [6, 6.07) is 13.7. The van der Waals surface area contributed by atoms with Crippen LogP contribution in [0.2, 0.25) is 5.02 Å². The topological polar surface area (TPSA) is 71.7 Å². The van der Waals surface area contributed by atoms with Gasteiger partial charge in [-0.1, -0.05) is 29.8 Å². The molecule has 122 valence electrons. The Bertz CT molecular complexity index is 978. The van der Waals surface area contributed by atoms with Crippen molar-refractivity contribution < 1.29 is 14.3 Å². The summed E-state index contributed by atoms with van der Waals surface area (Å²) in [5.41, 5.74) is 0.453. The van der Waals surface area contributed by atoms with Crippen LogP contribution in [0.5, 0.6) is 5.75 Å². The highest BCUT2D eigenvalue weighted by Gasteiger charge is 2.10. The van der Waals surface area contributed by atoms with Gasteiger partial charge in [0.2, 0.25) is 0 Å². The summed E-state index contributed by atoms with van der Waals surface area (Å²) in [6.45, 7) is 0. The fourth-order valence-corrected chi connectivity index (χ4v) is 2.43. The van der Waals surface area contributed by atoms with E-state index in [4.69, 9.17) is 20.8 Å². The first-order chi connectivity index (χ1) is 11.6. The van der Waals surface area contributed by atoms with Crippen LogP contribution >= 0.6 is 11.6 Å². The highest BCUT2D eigenvalue weighted by atomic mass is 35.5. The number of benzene rings is 2. The highest BCUT2D eigenvalue weighted by molar-refractivity contribution is 6.30. The lowest BCUT2D eigenvalue weighted by Crippen LogP contribution is -2.07. The molecule has 0 aliphatic rings. The maximum absolute atomic E-state index is 12.0. The van der Waals surface area contributed by atoms with Crippen LogP contribution < -0.4 is 15.7 Å². The molecule has 0 saturated heterocycles. The number of hydrogen-bond donors (Lipinski definition) is 2. The maximum atomic E-state index is 12.0. The van der Waals surface area contributed by atoms with Crippen molar-refractivity contribution in [1.29, 1.82) is 0 Å². The van der Waals surface area contributed by atoms with Crippen LogP contribution in [0, 0.1) is 0 Å². The number of nitrogens with one attached hydrogen (secondary N) is 1. The van der Waals surface area contributed by atoms with Gasteiger partial charge in [-0.2, -0.15) is 0 Å². The van der Waals surface area contributed by atoms with Crippen molar-refractivity contribution >= 4 is 34.0 Å². The minimum absolute atomic E-state index is 0.0576. The Balaban J connectivity index is 1.96. The first kappa shape index (κ1) is 16.0. The molecular formula is C18H14ClNO4. The Labute approximate surface area is 142 Å². The summed E-state index contributed by atoms with van der Waals surface area (Å²) in [5.74, 6) is 0.297. The molecule has 0 bridgehead atoms. The highest BCUT2D eigenvalue weighted by Crippen LogP contribution is 2.28. The number of fused-ring (bicyclic) bond motifs is 1. The monoisotopic (exact) mass is 343 g/mol. The van der Waals surface area contributed by atoms with Gasteiger partial charge in [-0.3, -0.25) is 0 Å². The van der Waals surface area contributed by atoms with Gasteiger partial charge in [-0.25, -0.2) is 4.79 Å². The van der Waals surface area contributed by atoms with Crippen LogP contribution in [0.3, 0.4) is 0 Å². The van der Waals surface area contributed by atoms with Crippen molar-refractivity contribution in [1.82, 2.24) is 0 Å². The molecule has 2 aromatic carbocycles. The molecule has 24 heavy (non-hydrogen) atoms. The Morgan fingerprint density at radius 2 is 2.04 bits per heavy atom. The molecule has 1 aromatic heterocycles. The molecule has 0 spiro atoms. The van der Waals surface area contributed by atoms with Gasteiger partial charge in [-0.15, -0.1) is 0 Å². The second-order valence-electron chi connectivity index (χ2n) is 5.00. The van der Waals surface area contributed by atoms with E-state index in [9.17, 15) is 9.90 Å². The van der Waals surface area contributed by atoms with Gasteiger partial charge >= 0.3 is 5.63 Å². The van der Waals surface area contributed by atoms with E-state index in [2.05, 4.69) is 5.32 Å². The number of halogens is 1. The minimum Gasteiger partial charge on any atom is -0.506 e. The van der Waals surface area contributed by atoms with Gasteiger partial charge in [0, 0.05) is 16.6 Å². The quantitative estimate of drug-likeness (QED) is 0.542. The zero-order valence-corrected chi connectivity index (χ0v) is 13.5. The Hall–Kier alpha value is -2.92. The largest absolute Gasteiger partial charge is 0.506 e. The molecule has 0 radical (unpaired) electrons. The summed E-state index contributed by atoms with van der Waals surface area (Å²) in [7, 11) is 1.52. The van der Waals surface area contributed by atoms with Crippen LogP contribution in [0.15, 0.2) is 63.9 Å². The van der Waals surface area contributed by atoms with Gasteiger partial charge in [0.25, 0.3) is 0 Å². The van der Waals surface area contributed by atoms with E-state index in [1.807, 2.05) is 6.07 Å². The third-order valence-electron chi connectivity index (χ3n) is 3.44. The van der Waals surface area contributed by atoms with E-state index >= 15 is 0 Å². The van der Waals surface area contributed by atoms with E-state index in [1.165, 1.54) is 13.3 Å². The first-order valence-electron chi connectivity index (χ1n) is 7.11. The number of anilines is 1. The van der Waals surface area contributed by atoms with Crippen LogP contribution in [0.25, 0.3) is 16.7 Å². The molecule has 0 aliphatic heterocycles. The second-order valence-corrected chi connectivity index (χ2v) is 5.44. The molecular weight excluding hydrogens is 330 g/mol. The normalized spacial score (nSPS) is 11.5. The molecule has 0 amide bonds. The Kier molecular flexibility index (Phi) is 4.44. The Morgan fingerprint density at radius 1 is 1.25 bits per heavy atom. The van der Waals surface area contributed by atoms with Crippen molar-refractivity contribution in [3.05, 3.63) is 75.7 Å². The van der Waals surface area contributed by atoms with Crippen LogP contribution in [0.1, 0.15) is 5.56 Å². The van der Waals surface area contributed by atoms with Crippen molar-refractivity contribution in [2.45, 2.75) is 0 Å². The predicted molar refractivity (Wildman–Crippen MR) is 94.7 cm³/mol. The molecule has 0 aliphatic carbocycles. The number of aliphatic hydroxyl groups excluding tert-OH is 1. The smallest absolute Gasteiger partial charge is 0.347 e. The first-order valence-corrected chi connectivity index (χ1v) is 7.49. The third kappa shape index (κ3) is 3.21. The van der Waals surface area contributed by atoms with E-state index in [-0.39, 0.29) is 11.3 Å². The molecule has 6 heteroatoms. The zero-order chi connectivity index (χ0) is 17.1. The van der Waals surface area contributed by atoms with E-state index in [0.29, 0.717) is 27.4 Å². The zero-order valence-electron chi connectivity index (χ0n) is 12.7. The standard InChI is InChI=1S/C18H14ClNO4/c1-23-17-7-6-12(19)9-14(17)20-10-15(21)13-8-11-4-2-3-5-16(11)24-18(13)22/h2-10,20-21H,1H3/b15-10-. The molecule has 2 N–H and O–H groups in total. The van der Waals surface area contributed by atoms with E-state index in [0.717, 1.165) is 0 Å². The van der Waals surface area contributed by atoms with Crippen LogP contribution in [-0.2, 0) is 0 Å². The number of para-hydroxylation sites is 1. The van der Waals surface area contributed by atoms with Crippen LogP contribution in [0.4, 0.5) is 5.69 Å². The summed E-state index contributed by atoms with van der Waals surface area (Å²) in [4.78, 5) is 12.0. The number of rotatable bonds is 4. The summed E-state index contributed by atoms with van der Waals surface area (Å²) in [5, 5.41) is 14.3. The maximum Gasteiger partial charge on any atom is 0.347 e. The molecule has 5 nitrogen and oxygen atoms in total. The fourth-order valence-electron chi connectivity index (χ4n) is 2.26. The number of aliphatic hydroxyl groups is 1. The second kappa shape index (κ2) is 6.68. The van der Waals surface area contributed by atoms with Crippen molar-refractivity contribution in [2.75, 3.05) is 12.4 Å². The number of methoxy groups -OCH3 is 1. The summed E-state index contributed by atoms with van der Waals surface area (Å²) >= 11 is 5.95. The Morgan fingerprint density at radius 3 is 2.83 bits per heavy atom. The van der Waals surface area contributed by atoms with Gasteiger partial charge in [-0.05, 0) is 30.3 Å². The summed E-state index contributed by atoms with van der Waals surface area (Å²) in [6.07, 6.45) is 1.29. The number of hydrogen-bond acceptors (Lipinski definition) is 5. The molecule has 1 heterocycles. The minimum atomic E-state index is -0.623. The van der Waals surface area contributed by atoms with Crippen molar-refractivity contribution in [2.24, 2.45) is 0 Å². The number of ether oxygens (including phenoxy) is 1. The van der Waals surface area contributed by atoms with Crippen LogP contribution in [-0.4, -0.2) is 12.2 Å². The average molecular weight is 344 g/mol. The van der Waals surface area contributed by atoms with E-state index in [1.54, 1.807) is 42.5 Å². The van der Waals surface area contributed by atoms with E-state index < -0.39 is 5.63 Å². The molecule has 3 rings (SSSR count). The molecule has 0 atom stereocenters. The molecule has 0 saturated carbocycles. The third-order valence-corrected chi connectivity index (χ3v) is 3.68. The fraction of sp³-hybridized carbons (Fsp3) is 0.0556. The molecule has 0 fully saturated rings. The van der Waals surface area contributed by atoms with Gasteiger partial charge in [0.05, 0.1) is 12.8 Å². The van der Waals surface area contributed by atoms with Crippen molar-refractivity contribution in [3.8, 4) is 5.75 Å². The lowest BCUT2D eigenvalue weighted by Gasteiger charge is -2.09. The van der Waals surface area contributed by atoms with Gasteiger partial charge < -0.3 is 19.6 Å². The molecule has 3 aromatic rings.